The molecule has 2 aromatic rings. The molecular formula is C17H21ClN4O. The Hall–Kier alpha value is -2.11. The topological polar surface area (TPSA) is 57.3 Å². The van der Waals surface area contributed by atoms with Gasteiger partial charge in [0.05, 0.1) is 11.3 Å². The molecule has 0 fully saturated rings. The largest absolute Gasteiger partial charge is 0.380 e. The van der Waals surface area contributed by atoms with E-state index in [0.717, 1.165) is 17.8 Å². The van der Waals surface area contributed by atoms with E-state index < -0.39 is 0 Å². The highest BCUT2D eigenvalue weighted by atomic mass is 35.5. The highest BCUT2D eigenvalue weighted by Crippen LogP contribution is 2.17. The molecule has 0 aliphatic carbocycles. The third-order valence-electron chi connectivity index (χ3n) is 3.29. The number of amides is 1. The summed E-state index contributed by atoms with van der Waals surface area (Å²) in [6.45, 7) is 1.97. The van der Waals surface area contributed by atoms with Gasteiger partial charge in [0, 0.05) is 37.1 Å². The van der Waals surface area contributed by atoms with E-state index in [1.54, 1.807) is 18.5 Å². The molecule has 2 N–H and O–H groups in total. The molecule has 0 saturated carbocycles. The van der Waals surface area contributed by atoms with Crippen molar-refractivity contribution < 1.29 is 4.79 Å². The van der Waals surface area contributed by atoms with Crippen LogP contribution in [0.3, 0.4) is 0 Å². The lowest BCUT2D eigenvalue weighted by molar-refractivity contribution is 0.0950. The zero-order valence-corrected chi connectivity index (χ0v) is 14.1. The highest BCUT2D eigenvalue weighted by Gasteiger charge is 2.07. The summed E-state index contributed by atoms with van der Waals surface area (Å²) in [5.41, 5.74) is 2.31. The van der Waals surface area contributed by atoms with Crippen LogP contribution in [0.4, 0.5) is 5.69 Å². The molecule has 0 aliphatic heterocycles. The molecule has 1 amide bonds. The molecule has 0 bridgehead atoms. The second-order valence-corrected chi connectivity index (χ2v) is 5.87. The van der Waals surface area contributed by atoms with Gasteiger partial charge in [0.2, 0.25) is 0 Å². The predicted molar refractivity (Wildman–Crippen MR) is 93.9 cm³/mol. The van der Waals surface area contributed by atoms with E-state index in [0.29, 0.717) is 23.7 Å². The van der Waals surface area contributed by atoms with Gasteiger partial charge >= 0.3 is 0 Å². The minimum atomic E-state index is -0.124. The van der Waals surface area contributed by atoms with Crippen molar-refractivity contribution >= 4 is 23.2 Å². The fourth-order valence-electron chi connectivity index (χ4n) is 1.99. The summed E-state index contributed by atoms with van der Waals surface area (Å²) in [4.78, 5) is 18.2. The van der Waals surface area contributed by atoms with E-state index in [2.05, 4.69) is 15.6 Å². The molecule has 0 radical (unpaired) electrons. The zero-order valence-electron chi connectivity index (χ0n) is 13.3. The SMILES string of the molecule is CN(C)CCNC(=O)c1cncc(NCc2ccccc2Cl)c1. The van der Waals surface area contributed by atoms with Crippen LogP contribution in [-0.4, -0.2) is 43.0 Å². The smallest absolute Gasteiger partial charge is 0.252 e. The van der Waals surface area contributed by atoms with E-state index >= 15 is 0 Å². The molecule has 0 spiro atoms. The van der Waals surface area contributed by atoms with E-state index in [9.17, 15) is 4.79 Å². The van der Waals surface area contributed by atoms with Gasteiger partial charge in [-0.25, -0.2) is 0 Å². The van der Waals surface area contributed by atoms with Crippen LogP contribution in [-0.2, 0) is 6.54 Å². The number of hydrogen-bond acceptors (Lipinski definition) is 4. The second-order valence-electron chi connectivity index (χ2n) is 5.47. The van der Waals surface area contributed by atoms with Crippen molar-refractivity contribution in [3.05, 3.63) is 58.9 Å². The van der Waals surface area contributed by atoms with Crippen LogP contribution in [0.5, 0.6) is 0 Å². The molecule has 23 heavy (non-hydrogen) atoms. The van der Waals surface area contributed by atoms with Gasteiger partial charge in [0.25, 0.3) is 5.91 Å². The molecule has 5 nitrogen and oxygen atoms in total. The Bertz CT molecular complexity index is 661. The Morgan fingerprint density at radius 3 is 2.78 bits per heavy atom. The molecule has 1 heterocycles. The average molecular weight is 333 g/mol. The van der Waals surface area contributed by atoms with Crippen molar-refractivity contribution in [3.8, 4) is 0 Å². The summed E-state index contributed by atoms with van der Waals surface area (Å²) in [6.07, 6.45) is 3.25. The zero-order chi connectivity index (χ0) is 16.7. The number of rotatable bonds is 7. The number of nitrogens with zero attached hydrogens (tertiary/aromatic N) is 2. The number of carbonyl (C=O) groups is 1. The summed E-state index contributed by atoms with van der Waals surface area (Å²) in [7, 11) is 3.93. The Morgan fingerprint density at radius 1 is 1.26 bits per heavy atom. The first-order valence-corrected chi connectivity index (χ1v) is 7.79. The van der Waals surface area contributed by atoms with Gasteiger partial charge in [0.15, 0.2) is 0 Å². The fourth-order valence-corrected chi connectivity index (χ4v) is 2.20. The maximum Gasteiger partial charge on any atom is 0.252 e. The summed E-state index contributed by atoms with van der Waals surface area (Å²) >= 11 is 6.13. The summed E-state index contributed by atoms with van der Waals surface area (Å²) in [5, 5.41) is 6.82. The Morgan fingerprint density at radius 2 is 2.04 bits per heavy atom. The van der Waals surface area contributed by atoms with E-state index in [1.807, 2.05) is 43.3 Å². The lowest BCUT2D eigenvalue weighted by Gasteiger charge is -2.11. The third kappa shape index (κ3) is 5.54. The summed E-state index contributed by atoms with van der Waals surface area (Å²) < 4.78 is 0. The van der Waals surface area contributed by atoms with Crippen molar-refractivity contribution in [1.29, 1.82) is 0 Å². The van der Waals surface area contributed by atoms with Crippen LogP contribution < -0.4 is 10.6 Å². The Balaban J connectivity index is 1.94. The van der Waals surface area contributed by atoms with Crippen LogP contribution in [0, 0.1) is 0 Å². The van der Waals surface area contributed by atoms with Gasteiger partial charge in [-0.15, -0.1) is 0 Å². The van der Waals surface area contributed by atoms with Gasteiger partial charge in [-0.2, -0.15) is 0 Å². The first-order valence-electron chi connectivity index (χ1n) is 7.41. The number of benzene rings is 1. The van der Waals surface area contributed by atoms with Crippen molar-refractivity contribution in [2.24, 2.45) is 0 Å². The van der Waals surface area contributed by atoms with Crippen molar-refractivity contribution in [2.45, 2.75) is 6.54 Å². The molecule has 0 aliphatic rings. The fraction of sp³-hybridized carbons (Fsp3) is 0.294. The van der Waals surface area contributed by atoms with Crippen LogP contribution in [0.15, 0.2) is 42.7 Å². The standard InChI is InChI=1S/C17H21ClN4O/c1-22(2)8-7-20-17(23)14-9-15(12-19-10-14)21-11-13-5-3-4-6-16(13)18/h3-6,9-10,12,21H,7-8,11H2,1-2H3,(H,20,23). The van der Waals surface area contributed by atoms with E-state index in [4.69, 9.17) is 11.6 Å². The number of pyridine rings is 1. The number of nitrogens with one attached hydrogen (secondary N) is 2. The second kappa shape index (κ2) is 8.50. The normalized spacial score (nSPS) is 10.6. The number of aromatic nitrogens is 1. The van der Waals surface area contributed by atoms with Gasteiger partial charge in [-0.3, -0.25) is 9.78 Å². The number of anilines is 1. The minimum absolute atomic E-state index is 0.124. The Kier molecular flexibility index (Phi) is 6.38. The van der Waals surface area contributed by atoms with E-state index in [-0.39, 0.29) is 5.91 Å². The molecule has 6 heteroatoms. The van der Waals surface area contributed by atoms with Gasteiger partial charge in [-0.1, -0.05) is 29.8 Å². The summed E-state index contributed by atoms with van der Waals surface area (Å²) in [5.74, 6) is -0.124. The molecule has 0 unspecified atom stereocenters. The van der Waals surface area contributed by atoms with Crippen molar-refractivity contribution in [3.63, 3.8) is 0 Å². The molecule has 1 aromatic carbocycles. The first-order chi connectivity index (χ1) is 11.1. The van der Waals surface area contributed by atoms with Crippen LogP contribution in [0.1, 0.15) is 15.9 Å². The lowest BCUT2D eigenvalue weighted by atomic mass is 10.2. The maximum absolute atomic E-state index is 12.1. The van der Waals surface area contributed by atoms with Gasteiger partial charge < -0.3 is 15.5 Å². The summed E-state index contributed by atoms with van der Waals surface area (Å²) in [6, 6.07) is 9.43. The van der Waals surface area contributed by atoms with Crippen LogP contribution in [0.2, 0.25) is 5.02 Å². The molecular weight excluding hydrogens is 312 g/mol. The van der Waals surface area contributed by atoms with Gasteiger partial charge in [-0.05, 0) is 31.8 Å². The van der Waals surface area contributed by atoms with Gasteiger partial charge in [0.1, 0.15) is 0 Å². The number of carbonyl (C=O) groups excluding carboxylic acids is 1. The Labute approximate surface area is 141 Å². The van der Waals surface area contributed by atoms with Crippen LogP contribution >= 0.6 is 11.6 Å². The van der Waals surface area contributed by atoms with Crippen LogP contribution in [0.25, 0.3) is 0 Å². The number of likely N-dealkylation sites (N-methyl/N-ethyl adjacent to an activating group) is 1. The molecule has 0 atom stereocenters. The molecule has 0 saturated heterocycles. The quantitative estimate of drug-likeness (QED) is 0.818. The average Bonchev–Trinajstić information content (AvgIpc) is 2.54. The first kappa shape index (κ1) is 17.2. The molecule has 122 valence electrons. The maximum atomic E-state index is 12.1. The highest BCUT2D eigenvalue weighted by molar-refractivity contribution is 6.31. The monoisotopic (exact) mass is 332 g/mol. The van der Waals surface area contributed by atoms with Crippen molar-refractivity contribution in [2.75, 3.05) is 32.5 Å². The predicted octanol–water partition coefficient (Wildman–Crippen LogP) is 2.64. The number of hydrogen-bond donors (Lipinski definition) is 2. The molecule has 1 aromatic heterocycles. The van der Waals surface area contributed by atoms with E-state index in [1.165, 1.54) is 0 Å². The van der Waals surface area contributed by atoms with Crippen molar-refractivity contribution in [1.82, 2.24) is 15.2 Å². The number of halogens is 1. The minimum Gasteiger partial charge on any atom is -0.380 e. The lowest BCUT2D eigenvalue weighted by Crippen LogP contribution is -2.31. The third-order valence-corrected chi connectivity index (χ3v) is 3.65. The molecule has 2 rings (SSSR count).